The van der Waals surface area contributed by atoms with Crippen LogP contribution in [0.5, 0.6) is 0 Å². The van der Waals surface area contributed by atoms with Crippen LogP contribution in [0.2, 0.25) is 0 Å². The summed E-state index contributed by atoms with van der Waals surface area (Å²) in [5.74, 6) is -0.770. The first-order valence-corrected chi connectivity index (χ1v) is 10.9. The van der Waals surface area contributed by atoms with Crippen molar-refractivity contribution in [3.63, 3.8) is 0 Å². The third-order valence-corrected chi connectivity index (χ3v) is 7.18. The topological polar surface area (TPSA) is 70.4 Å². The molecule has 4 rings (SSSR count). The number of halogens is 1. The average molecular weight is 416 g/mol. The summed E-state index contributed by atoms with van der Waals surface area (Å²) in [7, 11) is -4.63. The molecule has 0 aliphatic carbocycles. The smallest absolute Gasteiger partial charge is 0.399 e. The predicted octanol–water partition coefficient (Wildman–Crippen LogP) is 2.85. The standard InChI is InChI=1S/C20H22BFN2O4S/c1-19(2)20(3,4)28-21(27-19)17-12-24(18-16(17)10-15(22)11-23-18)29(25,26)13-14-8-6-5-7-9-14/h5-12H,13H2,1-4H3. The van der Waals surface area contributed by atoms with Crippen molar-refractivity contribution < 1.29 is 22.1 Å². The molecule has 1 aliphatic heterocycles. The van der Waals surface area contributed by atoms with E-state index in [1.54, 1.807) is 24.3 Å². The van der Waals surface area contributed by atoms with Crippen LogP contribution < -0.4 is 5.46 Å². The van der Waals surface area contributed by atoms with Gasteiger partial charge in [-0.15, -0.1) is 0 Å². The molecule has 152 valence electrons. The molecule has 0 saturated carbocycles. The van der Waals surface area contributed by atoms with Crippen LogP contribution >= 0.6 is 0 Å². The van der Waals surface area contributed by atoms with Crippen molar-refractivity contribution in [3.8, 4) is 0 Å². The van der Waals surface area contributed by atoms with E-state index >= 15 is 0 Å². The largest absolute Gasteiger partial charge is 0.497 e. The lowest BCUT2D eigenvalue weighted by Gasteiger charge is -2.32. The predicted molar refractivity (Wildman–Crippen MR) is 110 cm³/mol. The highest BCUT2D eigenvalue weighted by atomic mass is 32.2. The van der Waals surface area contributed by atoms with Crippen LogP contribution in [0.4, 0.5) is 4.39 Å². The number of hydrogen-bond donors (Lipinski definition) is 0. The first-order valence-electron chi connectivity index (χ1n) is 9.29. The molecular weight excluding hydrogens is 394 g/mol. The maximum absolute atomic E-state index is 14.0. The van der Waals surface area contributed by atoms with Gasteiger partial charge in [-0.3, -0.25) is 0 Å². The second-order valence-corrected chi connectivity index (χ2v) is 10.1. The fraction of sp³-hybridized carbons (Fsp3) is 0.350. The summed E-state index contributed by atoms with van der Waals surface area (Å²) >= 11 is 0. The van der Waals surface area contributed by atoms with Gasteiger partial charge in [0.1, 0.15) is 5.82 Å². The summed E-state index contributed by atoms with van der Waals surface area (Å²) in [6, 6.07) is 10.1. The van der Waals surface area contributed by atoms with Crippen molar-refractivity contribution in [1.29, 1.82) is 0 Å². The molecule has 1 fully saturated rings. The lowest BCUT2D eigenvalue weighted by Crippen LogP contribution is -2.41. The van der Waals surface area contributed by atoms with Gasteiger partial charge in [0.25, 0.3) is 0 Å². The Hall–Kier alpha value is -2.23. The molecule has 2 aromatic heterocycles. The summed E-state index contributed by atoms with van der Waals surface area (Å²) in [4.78, 5) is 4.05. The fourth-order valence-electron chi connectivity index (χ4n) is 3.30. The molecular formula is C20H22BFN2O4S. The minimum atomic E-state index is -3.80. The highest BCUT2D eigenvalue weighted by Crippen LogP contribution is 2.37. The first kappa shape index (κ1) is 20.1. The number of fused-ring (bicyclic) bond motifs is 1. The number of benzene rings is 1. The number of nitrogens with zero attached hydrogens (tertiary/aromatic N) is 2. The summed E-state index contributed by atoms with van der Waals surface area (Å²) < 4.78 is 53.4. The molecule has 9 heteroatoms. The van der Waals surface area contributed by atoms with Gasteiger partial charge in [0.2, 0.25) is 10.0 Å². The Morgan fingerprint density at radius 3 is 2.34 bits per heavy atom. The van der Waals surface area contributed by atoms with Crippen LogP contribution in [0.1, 0.15) is 33.3 Å². The molecule has 6 nitrogen and oxygen atoms in total. The number of hydrogen-bond acceptors (Lipinski definition) is 5. The summed E-state index contributed by atoms with van der Waals surface area (Å²) in [6.45, 7) is 7.60. The van der Waals surface area contributed by atoms with Gasteiger partial charge < -0.3 is 9.31 Å². The van der Waals surface area contributed by atoms with Gasteiger partial charge in [-0.1, -0.05) is 30.3 Å². The van der Waals surface area contributed by atoms with Crippen LogP contribution in [0, 0.1) is 5.82 Å². The van der Waals surface area contributed by atoms with Crippen LogP contribution in [0.25, 0.3) is 11.0 Å². The van der Waals surface area contributed by atoms with E-state index < -0.39 is 34.2 Å². The van der Waals surface area contributed by atoms with Crippen molar-refractivity contribution in [2.75, 3.05) is 0 Å². The average Bonchev–Trinajstić information content (AvgIpc) is 3.10. The Labute approximate surface area is 169 Å². The van der Waals surface area contributed by atoms with E-state index in [4.69, 9.17) is 9.31 Å². The fourth-order valence-corrected chi connectivity index (χ4v) is 4.74. The van der Waals surface area contributed by atoms with Crippen molar-refractivity contribution in [1.82, 2.24) is 8.96 Å². The zero-order chi connectivity index (χ0) is 21.0. The normalized spacial score (nSPS) is 18.4. The second-order valence-electron chi connectivity index (χ2n) is 8.24. The van der Waals surface area contributed by atoms with Gasteiger partial charge in [0.15, 0.2) is 5.65 Å². The van der Waals surface area contributed by atoms with Gasteiger partial charge in [0.05, 0.1) is 23.2 Å². The van der Waals surface area contributed by atoms with Gasteiger partial charge in [-0.25, -0.2) is 21.8 Å². The summed E-state index contributed by atoms with van der Waals surface area (Å²) in [5, 5.41) is 0.347. The van der Waals surface area contributed by atoms with Crippen LogP contribution in [-0.4, -0.2) is 35.7 Å². The van der Waals surface area contributed by atoms with Gasteiger partial charge in [-0.05, 0) is 39.3 Å². The lowest BCUT2D eigenvalue weighted by molar-refractivity contribution is 0.00578. The van der Waals surface area contributed by atoms with Crippen molar-refractivity contribution >= 4 is 33.6 Å². The molecule has 29 heavy (non-hydrogen) atoms. The first-order chi connectivity index (χ1) is 13.5. The van der Waals surface area contributed by atoms with Crippen molar-refractivity contribution in [3.05, 3.63) is 60.2 Å². The molecule has 0 unspecified atom stereocenters. The maximum atomic E-state index is 14.0. The lowest BCUT2D eigenvalue weighted by atomic mass is 9.79. The number of aromatic nitrogens is 2. The van der Waals surface area contributed by atoms with Gasteiger partial charge in [0, 0.05) is 17.0 Å². The van der Waals surface area contributed by atoms with Crippen LogP contribution in [0.15, 0.2) is 48.8 Å². The highest BCUT2D eigenvalue weighted by molar-refractivity contribution is 7.89. The second kappa shape index (κ2) is 6.65. The molecule has 3 heterocycles. The Bertz CT molecular complexity index is 1160. The molecule has 3 aromatic rings. The molecule has 0 amide bonds. The van der Waals surface area contributed by atoms with E-state index in [0.29, 0.717) is 16.4 Å². The van der Waals surface area contributed by atoms with E-state index in [-0.39, 0.29) is 11.4 Å². The molecule has 1 aliphatic rings. The van der Waals surface area contributed by atoms with E-state index in [1.807, 2.05) is 33.8 Å². The van der Waals surface area contributed by atoms with E-state index in [2.05, 4.69) is 4.98 Å². The molecule has 1 aromatic carbocycles. The van der Waals surface area contributed by atoms with Gasteiger partial charge >= 0.3 is 7.12 Å². The Kier molecular flexibility index (Phi) is 4.60. The minimum Gasteiger partial charge on any atom is -0.399 e. The van der Waals surface area contributed by atoms with E-state index in [0.717, 1.165) is 10.2 Å². The molecule has 0 spiro atoms. The van der Waals surface area contributed by atoms with E-state index in [1.165, 1.54) is 12.3 Å². The maximum Gasteiger partial charge on any atom is 0.497 e. The van der Waals surface area contributed by atoms with Crippen molar-refractivity contribution in [2.24, 2.45) is 0 Å². The summed E-state index contributed by atoms with van der Waals surface area (Å²) in [6.07, 6.45) is 2.43. The molecule has 0 radical (unpaired) electrons. The monoisotopic (exact) mass is 416 g/mol. The van der Waals surface area contributed by atoms with E-state index in [9.17, 15) is 12.8 Å². The zero-order valence-corrected chi connectivity index (χ0v) is 17.5. The quantitative estimate of drug-likeness (QED) is 0.612. The van der Waals surface area contributed by atoms with Crippen LogP contribution in [0.3, 0.4) is 0 Å². The Morgan fingerprint density at radius 2 is 1.72 bits per heavy atom. The molecule has 1 saturated heterocycles. The SMILES string of the molecule is CC1(C)OB(c2cn(S(=O)(=O)Cc3ccccc3)c3ncc(F)cc23)OC1(C)C. The highest BCUT2D eigenvalue weighted by Gasteiger charge is 2.52. The number of rotatable bonds is 4. The molecule has 0 N–H and O–H groups in total. The zero-order valence-electron chi connectivity index (χ0n) is 16.7. The molecule has 0 atom stereocenters. The van der Waals surface area contributed by atoms with Crippen molar-refractivity contribution in [2.45, 2.75) is 44.6 Å². The van der Waals surface area contributed by atoms with Crippen LogP contribution in [-0.2, 0) is 25.1 Å². The number of pyridine rings is 1. The molecule has 0 bridgehead atoms. The summed E-state index contributed by atoms with van der Waals surface area (Å²) in [5.41, 5.74) is -0.00566. The third-order valence-electron chi connectivity index (χ3n) is 5.61. The third kappa shape index (κ3) is 3.47. The van der Waals surface area contributed by atoms with Gasteiger partial charge in [-0.2, -0.15) is 0 Å². The Balaban J connectivity index is 1.83. The minimum absolute atomic E-state index is 0.145. The Morgan fingerprint density at radius 1 is 1.10 bits per heavy atom.